The number of fused-ring (bicyclic) bond motifs is 2. The fourth-order valence-corrected chi connectivity index (χ4v) is 4.81. The molecular weight excluding hydrogens is 464 g/mol. The molecule has 0 atom stereocenters. The van der Waals surface area contributed by atoms with Crippen LogP contribution in [0.15, 0.2) is 84.9 Å². The van der Waals surface area contributed by atoms with Crippen molar-refractivity contribution in [3.63, 3.8) is 0 Å². The molecule has 1 heterocycles. The lowest BCUT2D eigenvalue weighted by Gasteiger charge is -2.11. The largest absolute Gasteiger partial charge is 0.478 e. The van der Waals surface area contributed by atoms with Crippen LogP contribution in [0, 0.1) is 0 Å². The zero-order chi connectivity index (χ0) is 24.4. The van der Waals surface area contributed by atoms with Crippen molar-refractivity contribution in [1.82, 2.24) is 4.98 Å². The molecule has 4 aromatic carbocycles. The highest BCUT2D eigenvalue weighted by molar-refractivity contribution is 7.21. The number of aromatic carboxylic acids is 1. The number of para-hydroxylation sites is 1. The number of carbonyl (C=O) groups is 3. The van der Waals surface area contributed by atoms with E-state index in [1.165, 1.54) is 29.5 Å². The van der Waals surface area contributed by atoms with Gasteiger partial charge in [0.25, 0.3) is 5.91 Å². The number of ether oxygens (including phenoxy) is 1. The lowest BCUT2D eigenvalue weighted by Crippen LogP contribution is -2.21. The van der Waals surface area contributed by atoms with Gasteiger partial charge >= 0.3 is 11.9 Å². The molecule has 8 heteroatoms. The van der Waals surface area contributed by atoms with E-state index in [1.54, 1.807) is 18.2 Å². The summed E-state index contributed by atoms with van der Waals surface area (Å²) in [6.45, 7) is -0.518. The standard InChI is InChI=1S/C27H18N2O5S/c30-23(28-18-9-3-8-17(14-18)26(31)32)15-34-27(33)20-11-5-7-16-6-4-10-19(24(16)20)25-29-21-12-1-2-13-22(21)35-25/h1-14H,15H2,(H,28,30)(H,31,32). The molecule has 5 aromatic rings. The molecule has 0 saturated carbocycles. The van der Waals surface area contributed by atoms with Crippen LogP contribution in [0.5, 0.6) is 0 Å². The second-order valence-corrected chi connectivity index (χ2v) is 8.74. The second kappa shape index (κ2) is 9.36. The zero-order valence-electron chi connectivity index (χ0n) is 18.2. The van der Waals surface area contributed by atoms with Gasteiger partial charge in [-0.1, -0.05) is 48.5 Å². The highest BCUT2D eigenvalue weighted by Gasteiger charge is 2.18. The first kappa shape index (κ1) is 22.2. The number of carboxylic acids is 1. The first-order valence-electron chi connectivity index (χ1n) is 10.7. The maximum absolute atomic E-state index is 13.0. The van der Waals surface area contributed by atoms with Crippen molar-refractivity contribution in [2.45, 2.75) is 0 Å². The molecule has 1 aromatic heterocycles. The highest BCUT2D eigenvalue weighted by atomic mass is 32.1. The van der Waals surface area contributed by atoms with Crippen LogP contribution in [0.1, 0.15) is 20.7 Å². The molecule has 7 nitrogen and oxygen atoms in total. The SMILES string of the molecule is O=C(COC(=O)c1cccc2cccc(-c3nc4ccccc4s3)c12)Nc1cccc(C(=O)O)c1. The minimum Gasteiger partial charge on any atom is -0.478 e. The maximum Gasteiger partial charge on any atom is 0.339 e. The highest BCUT2D eigenvalue weighted by Crippen LogP contribution is 2.36. The number of nitrogens with one attached hydrogen (secondary N) is 1. The summed E-state index contributed by atoms with van der Waals surface area (Å²) in [5.41, 5.74) is 2.37. The molecule has 0 radical (unpaired) electrons. The quantitative estimate of drug-likeness (QED) is 0.305. The molecule has 172 valence electrons. The van der Waals surface area contributed by atoms with Gasteiger partial charge in [-0.3, -0.25) is 4.79 Å². The van der Waals surface area contributed by atoms with Gasteiger partial charge in [-0.05, 0) is 41.8 Å². The number of carbonyl (C=O) groups excluding carboxylic acids is 2. The first-order chi connectivity index (χ1) is 17.0. The Bertz CT molecular complexity index is 1570. The van der Waals surface area contributed by atoms with Gasteiger partial charge in [-0.15, -0.1) is 11.3 Å². The van der Waals surface area contributed by atoms with Gasteiger partial charge in [-0.25, -0.2) is 14.6 Å². The molecule has 0 saturated heterocycles. The maximum atomic E-state index is 13.0. The molecule has 0 aliphatic carbocycles. The van der Waals surface area contributed by atoms with Gasteiger partial charge in [0.15, 0.2) is 6.61 Å². The van der Waals surface area contributed by atoms with Crippen LogP contribution in [0.4, 0.5) is 5.69 Å². The van der Waals surface area contributed by atoms with E-state index >= 15 is 0 Å². The monoisotopic (exact) mass is 482 g/mol. The lowest BCUT2D eigenvalue weighted by atomic mass is 9.99. The number of thiazole rings is 1. The minimum absolute atomic E-state index is 0.0397. The summed E-state index contributed by atoms with van der Waals surface area (Å²) >= 11 is 1.54. The fraction of sp³-hybridized carbons (Fsp3) is 0.0370. The summed E-state index contributed by atoms with van der Waals surface area (Å²) in [6, 6.07) is 24.7. The number of amides is 1. The van der Waals surface area contributed by atoms with E-state index in [0.717, 1.165) is 26.2 Å². The van der Waals surface area contributed by atoms with Crippen molar-refractivity contribution >= 4 is 55.9 Å². The van der Waals surface area contributed by atoms with E-state index in [1.807, 2.05) is 48.5 Å². The fourth-order valence-electron chi connectivity index (χ4n) is 3.81. The van der Waals surface area contributed by atoms with Crippen molar-refractivity contribution in [3.05, 3.63) is 96.1 Å². The first-order valence-corrected chi connectivity index (χ1v) is 11.5. The summed E-state index contributed by atoms with van der Waals surface area (Å²) in [5, 5.41) is 14.0. The Kier molecular flexibility index (Phi) is 5.95. The number of anilines is 1. The third-order valence-electron chi connectivity index (χ3n) is 5.38. The predicted molar refractivity (Wildman–Crippen MR) is 135 cm³/mol. The Morgan fingerprint density at radius 1 is 0.914 bits per heavy atom. The van der Waals surface area contributed by atoms with E-state index in [-0.39, 0.29) is 5.56 Å². The Morgan fingerprint density at radius 3 is 2.49 bits per heavy atom. The van der Waals surface area contributed by atoms with Crippen LogP contribution in [-0.2, 0) is 9.53 Å². The molecule has 0 fully saturated rings. The van der Waals surface area contributed by atoms with E-state index in [2.05, 4.69) is 5.32 Å². The van der Waals surface area contributed by atoms with E-state index < -0.39 is 24.5 Å². The summed E-state index contributed by atoms with van der Waals surface area (Å²) in [6.07, 6.45) is 0. The average molecular weight is 483 g/mol. The molecule has 0 spiro atoms. The van der Waals surface area contributed by atoms with Crippen LogP contribution in [0.2, 0.25) is 0 Å². The third kappa shape index (κ3) is 4.60. The van der Waals surface area contributed by atoms with E-state index in [4.69, 9.17) is 14.8 Å². The normalized spacial score (nSPS) is 10.9. The van der Waals surface area contributed by atoms with Gasteiger partial charge < -0.3 is 15.2 Å². The van der Waals surface area contributed by atoms with Crippen molar-refractivity contribution in [2.24, 2.45) is 0 Å². The van der Waals surface area contributed by atoms with Gasteiger partial charge in [0.2, 0.25) is 0 Å². The number of carboxylic acid groups (broad SMARTS) is 1. The Morgan fingerprint density at radius 2 is 1.69 bits per heavy atom. The molecule has 0 aliphatic rings. The number of benzene rings is 4. The Balaban J connectivity index is 1.39. The molecular formula is C27H18N2O5S. The molecule has 2 N–H and O–H groups in total. The second-order valence-electron chi connectivity index (χ2n) is 7.71. The van der Waals surface area contributed by atoms with Gasteiger partial charge in [0.1, 0.15) is 5.01 Å². The number of aromatic nitrogens is 1. The van der Waals surface area contributed by atoms with Crippen LogP contribution in [-0.4, -0.2) is 34.5 Å². The van der Waals surface area contributed by atoms with Crippen molar-refractivity contribution in [2.75, 3.05) is 11.9 Å². The summed E-state index contributed by atoms with van der Waals surface area (Å²) in [5.74, 6) is -2.32. The van der Waals surface area contributed by atoms with Crippen LogP contribution in [0.3, 0.4) is 0 Å². The number of hydrogen-bond donors (Lipinski definition) is 2. The molecule has 1 amide bonds. The van der Waals surface area contributed by atoms with Crippen molar-refractivity contribution in [1.29, 1.82) is 0 Å². The lowest BCUT2D eigenvalue weighted by molar-refractivity contribution is -0.119. The molecule has 35 heavy (non-hydrogen) atoms. The number of nitrogens with zero attached hydrogens (tertiary/aromatic N) is 1. The van der Waals surface area contributed by atoms with Crippen LogP contribution < -0.4 is 5.32 Å². The molecule has 0 aliphatic heterocycles. The van der Waals surface area contributed by atoms with E-state index in [9.17, 15) is 14.4 Å². The summed E-state index contributed by atoms with van der Waals surface area (Å²) in [4.78, 5) is 41.2. The summed E-state index contributed by atoms with van der Waals surface area (Å²) in [7, 11) is 0. The van der Waals surface area contributed by atoms with Crippen LogP contribution in [0.25, 0.3) is 31.6 Å². The van der Waals surface area contributed by atoms with Crippen molar-refractivity contribution < 1.29 is 24.2 Å². The van der Waals surface area contributed by atoms with Gasteiger partial charge in [0, 0.05) is 16.6 Å². The number of rotatable bonds is 6. The topological polar surface area (TPSA) is 106 Å². The molecule has 5 rings (SSSR count). The molecule has 0 unspecified atom stereocenters. The summed E-state index contributed by atoms with van der Waals surface area (Å²) < 4.78 is 6.36. The van der Waals surface area contributed by atoms with E-state index in [0.29, 0.717) is 16.6 Å². The average Bonchev–Trinajstić information content (AvgIpc) is 3.31. The third-order valence-corrected chi connectivity index (χ3v) is 6.45. The Labute approximate surface area is 203 Å². The number of esters is 1. The zero-order valence-corrected chi connectivity index (χ0v) is 19.0. The van der Waals surface area contributed by atoms with Crippen LogP contribution >= 0.6 is 11.3 Å². The van der Waals surface area contributed by atoms with Crippen molar-refractivity contribution in [3.8, 4) is 10.6 Å². The Hall–Kier alpha value is -4.56. The van der Waals surface area contributed by atoms with Gasteiger partial charge in [0.05, 0.1) is 21.3 Å². The minimum atomic E-state index is -1.10. The molecule has 0 bridgehead atoms. The van der Waals surface area contributed by atoms with Gasteiger partial charge in [-0.2, -0.15) is 0 Å². The smallest absolute Gasteiger partial charge is 0.339 e. The number of hydrogen-bond acceptors (Lipinski definition) is 6. The predicted octanol–water partition coefficient (Wildman–Crippen LogP) is 5.61.